The standard InChI is InChI=1S/C15H21N5O2/c1-19-8-12(7-18-19)9-20-4-5-22-14(10-20)3-2-13-6-15(21)17-11-16-13/h6-8,11,14H,2-5,9-10H2,1H3,(H,16,17,21)/t14-/m1/s1. The van der Waals surface area contributed by atoms with Gasteiger partial charge >= 0.3 is 0 Å². The van der Waals surface area contributed by atoms with Crippen molar-refractivity contribution in [1.29, 1.82) is 0 Å². The number of nitrogens with one attached hydrogen (secondary N) is 1. The van der Waals surface area contributed by atoms with Crippen LogP contribution in [0.3, 0.4) is 0 Å². The first kappa shape index (κ1) is 14.9. The van der Waals surface area contributed by atoms with Crippen LogP contribution in [0, 0.1) is 0 Å². The van der Waals surface area contributed by atoms with Gasteiger partial charge in [-0.15, -0.1) is 0 Å². The Morgan fingerprint density at radius 3 is 3.18 bits per heavy atom. The topological polar surface area (TPSA) is 76.0 Å². The molecule has 7 nitrogen and oxygen atoms in total. The first-order valence-corrected chi connectivity index (χ1v) is 7.54. The van der Waals surface area contributed by atoms with Crippen LogP contribution in [0.1, 0.15) is 17.7 Å². The Labute approximate surface area is 128 Å². The van der Waals surface area contributed by atoms with Crippen molar-refractivity contribution in [2.24, 2.45) is 7.05 Å². The molecule has 2 aromatic heterocycles. The molecule has 0 saturated carbocycles. The Balaban J connectivity index is 1.51. The molecule has 0 amide bonds. The van der Waals surface area contributed by atoms with Crippen molar-refractivity contribution < 1.29 is 4.74 Å². The third-order valence-corrected chi connectivity index (χ3v) is 3.84. The first-order chi connectivity index (χ1) is 10.7. The summed E-state index contributed by atoms with van der Waals surface area (Å²) >= 11 is 0. The minimum atomic E-state index is -0.104. The predicted octanol–water partition coefficient (Wildman–Crippen LogP) is 0.337. The maximum atomic E-state index is 11.3. The fraction of sp³-hybridized carbons (Fsp3) is 0.533. The number of aromatic amines is 1. The molecule has 0 bridgehead atoms. The number of ether oxygens (including phenoxy) is 1. The van der Waals surface area contributed by atoms with Crippen molar-refractivity contribution in [2.45, 2.75) is 25.5 Å². The molecule has 2 aromatic rings. The van der Waals surface area contributed by atoms with E-state index in [9.17, 15) is 4.79 Å². The lowest BCUT2D eigenvalue weighted by Gasteiger charge is -2.32. The summed E-state index contributed by atoms with van der Waals surface area (Å²) in [6, 6.07) is 1.55. The number of morpholine rings is 1. The van der Waals surface area contributed by atoms with Gasteiger partial charge < -0.3 is 9.72 Å². The fourth-order valence-electron chi connectivity index (χ4n) is 2.77. The van der Waals surface area contributed by atoms with Gasteiger partial charge in [-0.05, 0) is 12.8 Å². The third kappa shape index (κ3) is 4.02. The Hall–Kier alpha value is -1.99. The van der Waals surface area contributed by atoms with Crippen molar-refractivity contribution in [3.63, 3.8) is 0 Å². The van der Waals surface area contributed by atoms with E-state index in [0.717, 1.165) is 44.8 Å². The van der Waals surface area contributed by atoms with Crippen LogP contribution >= 0.6 is 0 Å². The van der Waals surface area contributed by atoms with E-state index in [4.69, 9.17) is 4.74 Å². The van der Waals surface area contributed by atoms with E-state index in [1.807, 2.05) is 24.1 Å². The first-order valence-electron chi connectivity index (χ1n) is 7.54. The molecule has 1 saturated heterocycles. The van der Waals surface area contributed by atoms with Gasteiger partial charge in [-0.1, -0.05) is 0 Å². The molecule has 3 heterocycles. The monoisotopic (exact) mass is 303 g/mol. The Morgan fingerprint density at radius 2 is 2.41 bits per heavy atom. The zero-order valence-corrected chi connectivity index (χ0v) is 12.7. The molecule has 1 fully saturated rings. The molecule has 0 radical (unpaired) electrons. The summed E-state index contributed by atoms with van der Waals surface area (Å²) in [4.78, 5) is 20.4. The van der Waals surface area contributed by atoms with E-state index in [0.29, 0.717) is 0 Å². The van der Waals surface area contributed by atoms with Gasteiger partial charge in [-0.25, -0.2) is 4.98 Å². The molecule has 7 heteroatoms. The Morgan fingerprint density at radius 1 is 1.50 bits per heavy atom. The normalized spacial score (nSPS) is 19.4. The molecule has 3 rings (SSSR count). The lowest BCUT2D eigenvalue weighted by atomic mass is 10.1. The highest BCUT2D eigenvalue weighted by Crippen LogP contribution is 2.13. The van der Waals surface area contributed by atoms with Gasteiger partial charge in [0.15, 0.2) is 0 Å². The number of aromatic nitrogens is 4. The summed E-state index contributed by atoms with van der Waals surface area (Å²) in [7, 11) is 1.93. The van der Waals surface area contributed by atoms with Crippen molar-refractivity contribution >= 4 is 0 Å². The van der Waals surface area contributed by atoms with E-state index in [1.54, 1.807) is 6.07 Å². The number of hydrogen-bond donors (Lipinski definition) is 1. The second-order valence-electron chi connectivity index (χ2n) is 5.69. The van der Waals surface area contributed by atoms with Crippen molar-refractivity contribution in [1.82, 2.24) is 24.6 Å². The number of aryl methyl sites for hydroxylation is 2. The minimum Gasteiger partial charge on any atom is -0.376 e. The zero-order valence-electron chi connectivity index (χ0n) is 12.7. The van der Waals surface area contributed by atoms with Gasteiger partial charge in [0.25, 0.3) is 5.56 Å². The van der Waals surface area contributed by atoms with Crippen molar-refractivity contribution in [3.8, 4) is 0 Å². The molecule has 0 unspecified atom stereocenters. The van der Waals surface area contributed by atoms with Crippen LogP contribution in [0.25, 0.3) is 0 Å². The quantitative estimate of drug-likeness (QED) is 0.862. The smallest absolute Gasteiger partial charge is 0.250 e. The number of hydrogen-bond acceptors (Lipinski definition) is 5. The molecule has 1 N–H and O–H groups in total. The molecule has 1 aliphatic rings. The van der Waals surface area contributed by atoms with Gasteiger partial charge in [0.1, 0.15) is 0 Å². The van der Waals surface area contributed by atoms with Crippen LogP contribution in [0.2, 0.25) is 0 Å². The van der Waals surface area contributed by atoms with Crippen molar-refractivity contribution in [2.75, 3.05) is 19.7 Å². The van der Waals surface area contributed by atoms with Gasteiger partial charge in [0, 0.05) is 50.2 Å². The van der Waals surface area contributed by atoms with Crippen LogP contribution in [0.4, 0.5) is 0 Å². The summed E-state index contributed by atoms with van der Waals surface area (Å²) in [5.74, 6) is 0. The predicted molar refractivity (Wildman–Crippen MR) is 81.4 cm³/mol. The molecule has 0 aliphatic carbocycles. The molecule has 1 aliphatic heterocycles. The molecular formula is C15H21N5O2. The summed E-state index contributed by atoms with van der Waals surface area (Å²) in [5, 5.41) is 4.20. The average Bonchev–Trinajstić information content (AvgIpc) is 2.91. The van der Waals surface area contributed by atoms with Gasteiger partial charge in [0.05, 0.1) is 25.2 Å². The SMILES string of the molecule is Cn1cc(CN2CCO[C@H](CCc3cc(=O)[nH]cn3)C2)cn1. The molecule has 118 valence electrons. The van der Waals surface area contributed by atoms with E-state index >= 15 is 0 Å². The van der Waals surface area contributed by atoms with Gasteiger partial charge in [-0.2, -0.15) is 5.10 Å². The molecule has 0 spiro atoms. The van der Waals surface area contributed by atoms with E-state index in [2.05, 4.69) is 20.0 Å². The highest BCUT2D eigenvalue weighted by molar-refractivity contribution is 5.04. The molecule has 1 atom stereocenters. The van der Waals surface area contributed by atoms with Gasteiger partial charge in [-0.3, -0.25) is 14.4 Å². The van der Waals surface area contributed by atoms with Crippen LogP contribution in [0.5, 0.6) is 0 Å². The average molecular weight is 303 g/mol. The number of rotatable bonds is 5. The van der Waals surface area contributed by atoms with Crippen LogP contribution in [0.15, 0.2) is 29.6 Å². The van der Waals surface area contributed by atoms with E-state index in [-0.39, 0.29) is 11.7 Å². The lowest BCUT2D eigenvalue weighted by molar-refractivity contribution is -0.0346. The second-order valence-corrected chi connectivity index (χ2v) is 5.69. The van der Waals surface area contributed by atoms with Gasteiger partial charge in [0.2, 0.25) is 0 Å². The zero-order chi connectivity index (χ0) is 15.4. The lowest BCUT2D eigenvalue weighted by Crippen LogP contribution is -2.42. The van der Waals surface area contributed by atoms with E-state index in [1.165, 1.54) is 11.9 Å². The summed E-state index contributed by atoms with van der Waals surface area (Å²) in [6.45, 7) is 3.48. The molecule has 0 aromatic carbocycles. The summed E-state index contributed by atoms with van der Waals surface area (Å²) in [5.41, 5.74) is 1.93. The van der Waals surface area contributed by atoms with Crippen LogP contribution < -0.4 is 5.56 Å². The van der Waals surface area contributed by atoms with E-state index < -0.39 is 0 Å². The maximum Gasteiger partial charge on any atom is 0.250 e. The summed E-state index contributed by atoms with van der Waals surface area (Å²) in [6.07, 6.45) is 7.23. The molecule has 22 heavy (non-hydrogen) atoms. The molecular weight excluding hydrogens is 282 g/mol. The summed E-state index contributed by atoms with van der Waals surface area (Å²) < 4.78 is 7.65. The highest BCUT2D eigenvalue weighted by Gasteiger charge is 2.20. The third-order valence-electron chi connectivity index (χ3n) is 3.84. The van der Waals surface area contributed by atoms with Crippen molar-refractivity contribution in [3.05, 3.63) is 46.4 Å². The Bertz CT molecular complexity index is 666. The number of nitrogens with zero attached hydrogens (tertiary/aromatic N) is 4. The fourth-order valence-corrected chi connectivity index (χ4v) is 2.77. The van der Waals surface area contributed by atoms with Crippen LogP contribution in [-0.2, 0) is 24.8 Å². The number of H-pyrrole nitrogens is 1. The highest BCUT2D eigenvalue weighted by atomic mass is 16.5. The second kappa shape index (κ2) is 6.85. The maximum absolute atomic E-state index is 11.3. The Kier molecular flexibility index (Phi) is 4.65. The van der Waals surface area contributed by atoms with Crippen LogP contribution in [-0.4, -0.2) is 50.4 Å². The minimum absolute atomic E-state index is 0.104. The largest absolute Gasteiger partial charge is 0.376 e.